The Kier molecular flexibility index (Phi) is 7.20. The Morgan fingerprint density at radius 1 is 0.857 bits per heavy atom. The second kappa shape index (κ2) is 8.40. The van der Waals surface area contributed by atoms with Crippen molar-refractivity contribution in [2.75, 3.05) is 0 Å². The van der Waals surface area contributed by atoms with E-state index in [0.29, 0.717) is 9.79 Å². The molecule has 0 saturated heterocycles. The zero-order valence-electron chi connectivity index (χ0n) is 9.89. The van der Waals surface area contributed by atoms with Crippen molar-refractivity contribution in [3.8, 4) is 0 Å². The first-order valence-electron chi connectivity index (χ1n) is 5.28. The Hall–Kier alpha value is -1.06. The van der Waals surface area contributed by atoms with E-state index in [1.54, 1.807) is 12.1 Å². The molecule has 0 fully saturated rings. The first-order chi connectivity index (χ1) is 9.59. The molecular formula is C12H9N2NaO4S2. The van der Waals surface area contributed by atoms with E-state index in [0.717, 1.165) is 21.6 Å². The third-order valence-electron chi connectivity index (χ3n) is 2.24. The van der Waals surface area contributed by atoms with Crippen LogP contribution < -0.4 is 0 Å². The molecular weight excluding hydrogens is 323 g/mol. The number of carboxylic acid groups (broad SMARTS) is 2. The molecule has 6 nitrogen and oxygen atoms in total. The van der Waals surface area contributed by atoms with Crippen LogP contribution in [0.1, 0.15) is 20.7 Å². The molecule has 0 aliphatic rings. The SMILES string of the molecule is O=C(O)c1cnccc1SSc1ccncc1C(=O)O.[NaH]. The number of hydrogen-bond acceptors (Lipinski definition) is 6. The molecule has 21 heavy (non-hydrogen) atoms. The molecule has 0 atom stereocenters. The van der Waals surface area contributed by atoms with E-state index in [9.17, 15) is 9.59 Å². The van der Waals surface area contributed by atoms with Gasteiger partial charge in [0.2, 0.25) is 0 Å². The van der Waals surface area contributed by atoms with Gasteiger partial charge in [-0.15, -0.1) is 0 Å². The monoisotopic (exact) mass is 332 g/mol. The molecule has 2 N–H and O–H groups in total. The molecule has 0 amide bonds. The third-order valence-corrected chi connectivity index (χ3v) is 4.73. The van der Waals surface area contributed by atoms with Crippen LogP contribution in [0.2, 0.25) is 0 Å². The maximum atomic E-state index is 11.0. The van der Waals surface area contributed by atoms with Crippen molar-refractivity contribution in [2.24, 2.45) is 0 Å². The van der Waals surface area contributed by atoms with Gasteiger partial charge in [0.05, 0.1) is 11.1 Å². The first-order valence-corrected chi connectivity index (χ1v) is 7.43. The van der Waals surface area contributed by atoms with Gasteiger partial charge in [-0.2, -0.15) is 0 Å². The van der Waals surface area contributed by atoms with Crippen LogP contribution in [0.15, 0.2) is 46.7 Å². The molecule has 0 aliphatic carbocycles. The van der Waals surface area contributed by atoms with Gasteiger partial charge in [0, 0.05) is 34.6 Å². The number of carbonyl (C=O) groups is 2. The summed E-state index contributed by atoms with van der Waals surface area (Å²) in [7, 11) is 2.33. The van der Waals surface area contributed by atoms with Crippen LogP contribution in [-0.4, -0.2) is 61.7 Å². The summed E-state index contributed by atoms with van der Waals surface area (Å²) in [6.07, 6.45) is 5.49. The minimum absolute atomic E-state index is 0. The van der Waals surface area contributed by atoms with Crippen LogP contribution in [-0.2, 0) is 0 Å². The van der Waals surface area contributed by atoms with Crippen molar-refractivity contribution in [3.05, 3.63) is 48.0 Å². The molecule has 0 aliphatic heterocycles. The summed E-state index contributed by atoms with van der Waals surface area (Å²) in [6.45, 7) is 0. The Morgan fingerprint density at radius 3 is 1.57 bits per heavy atom. The van der Waals surface area contributed by atoms with Gasteiger partial charge in [-0.1, -0.05) is 21.6 Å². The first kappa shape index (κ1) is 18.0. The Morgan fingerprint density at radius 2 is 1.24 bits per heavy atom. The summed E-state index contributed by atoms with van der Waals surface area (Å²) >= 11 is 0. The fourth-order valence-corrected chi connectivity index (χ4v) is 3.60. The number of pyridine rings is 2. The van der Waals surface area contributed by atoms with Gasteiger partial charge in [-0.3, -0.25) is 9.97 Å². The molecule has 2 aromatic heterocycles. The number of hydrogen-bond donors (Lipinski definition) is 2. The Bertz CT molecular complexity index is 612. The Labute approximate surface area is 150 Å². The summed E-state index contributed by atoms with van der Waals surface area (Å²) in [6, 6.07) is 3.14. The van der Waals surface area contributed by atoms with Crippen molar-refractivity contribution in [3.63, 3.8) is 0 Å². The van der Waals surface area contributed by atoms with E-state index in [-0.39, 0.29) is 40.7 Å². The molecule has 2 heterocycles. The zero-order valence-corrected chi connectivity index (χ0v) is 11.5. The Balaban J connectivity index is 0.00000220. The van der Waals surface area contributed by atoms with Crippen LogP contribution >= 0.6 is 21.6 Å². The predicted octanol–water partition coefficient (Wildman–Crippen LogP) is 2.02. The number of aromatic carboxylic acids is 2. The van der Waals surface area contributed by atoms with Crippen molar-refractivity contribution in [1.29, 1.82) is 0 Å². The van der Waals surface area contributed by atoms with Gasteiger partial charge < -0.3 is 10.2 Å². The van der Waals surface area contributed by atoms with E-state index in [1.165, 1.54) is 24.8 Å². The standard InChI is InChI=1S/C12H8N2O4S2.Na.H/c15-11(16)7-5-13-3-1-9(7)19-20-10-2-4-14-6-8(10)12(17)18;;/h1-6H,(H,15,16)(H,17,18);;. The summed E-state index contributed by atoms with van der Waals surface area (Å²) < 4.78 is 0. The molecule has 2 aromatic rings. The number of aromatic nitrogens is 2. The van der Waals surface area contributed by atoms with E-state index >= 15 is 0 Å². The van der Waals surface area contributed by atoms with E-state index < -0.39 is 11.9 Å². The molecule has 0 spiro atoms. The summed E-state index contributed by atoms with van der Waals surface area (Å²) in [5, 5.41) is 18.1. The van der Waals surface area contributed by atoms with Crippen molar-refractivity contribution >= 4 is 63.1 Å². The quantitative estimate of drug-likeness (QED) is 0.633. The zero-order chi connectivity index (χ0) is 14.5. The topological polar surface area (TPSA) is 100 Å². The molecule has 0 radical (unpaired) electrons. The van der Waals surface area contributed by atoms with E-state index in [2.05, 4.69) is 9.97 Å². The molecule has 0 unspecified atom stereocenters. The molecule has 104 valence electrons. The normalized spacial score (nSPS) is 9.71. The van der Waals surface area contributed by atoms with Gasteiger partial charge in [0.25, 0.3) is 0 Å². The fraction of sp³-hybridized carbons (Fsp3) is 0. The minimum atomic E-state index is -1.07. The molecule has 0 bridgehead atoms. The van der Waals surface area contributed by atoms with Gasteiger partial charge in [0.1, 0.15) is 0 Å². The molecule has 2 rings (SSSR count). The number of carboxylic acids is 2. The number of nitrogens with zero attached hydrogens (tertiary/aromatic N) is 2. The van der Waals surface area contributed by atoms with E-state index in [4.69, 9.17) is 10.2 Å². The van der Waals surface area contributed by atoms with Crippen LogP contribution in [0.4, 0.5) is 0 Å². The van der Waals surface area contributed by atoms with Gasteiger partial charge in [-0.05, 0) is 12.1 Å². The van der Waals surface area contributed by atoms with Crippen LogP contribution in [0.25, 0.3) is 0 Å². The van der Waals surface area contributed by atoms with Crippen molar-refractivity contribution in [2.45, 2.75) is 9.79 Å². The predicted molar refractivity (Wildman–Crippen MR) is 81.3 cm³/mol. The summed E-state index contributed by atoms with van der Waals surface area (Å²) in [5.41, 5.74) is 0.159. The molecule has 0 aromatic carbocycles. The van der Waals surface area contributed by atoms with Crippen LogP contribution in [0, 0.1) is 0 Å². The summed E-state index contributed by atoms with van der Waals surface area (Å²) in [5.74, 6) is -2.15. The maximum absolute atomic E-state index is 11.0. The second-order valence-corrected chi connectivity index (χ2v) is 5.73. The second-order valence-electron chi connectivity index (χ2n) is 3.52. The molecule has 9 heteroatoms. The van der Waals surface area contributed by atoms with Crippen LogP contribution in [0.5, 0.6) is 0 Å². The van der Waals surface area contributed by atoms with Crippen molar-refractivity contribution in [1.82, 2.24) is 9.97 Å². The van der Waals surface area contributed by atoms with E-state index in [1.807, 2.05) is 0 Å². The van der Waals surface area contributed by atoms with Gasteiger partial charge in [0.15, 0.2) is 0 Å². The van der Waals surface area contributed by atoms with Gasteiger partial charge in [-0.25, -0.2) is 9.59 Å². The summed E-state index contributed by atoms with van der Waals surface area (Å²) in [4.78, 5) is 30.6. The average Bonchev–Trinajstić information content (AvgIpc) is 2.45. The van der Waals surface area contributed by atoms with Crippen LogP contribution in [0.3, 0.4) is 0 Å². The van der Waals surface area contributed by atoms with Crippen molar-refractivity contribution < 1.29 is 19.8 Å². The third kappa shape index (κ3) is 4.72. The fourth-order valence-electron chi connectivity index (χ4n) is 1.32. The average molecular weight is 332 g/mol. The molecule has 0 saturated carbocycles. The number of rotatable bonds is 5. The van der Waals surface area contributed by atoms with Gasteiger partial charge >= 0.3 is 41.5 Å².